The normalized spacial score (nSPS) is 29.8. The van der Waals surface area contributed by atoms with Gasteiger partial charge in [-0.05, 0) is 57.3 Å². The van der Waals surface area contributed by atoms with E-state index in [0.29, 0.717) is 19.5 Å². The van der Waals surface area contributed by atoms with Crippen molar-refractivity contribution in [3.63, 3.8) is 0 Å². The second kappa shape index (κ2) is 7.43. The third kappa shape index (κ3) is 3.30. The van der Waals surface area contributed by atoms with Gasteiger partial charge in [0, 0.05) is 38.1 Å². The molecule has 5 nitrogen and oxygen atoms in total. The summed E-state index contributed by atoms with van der Waals surface area (Å²) in [6.07, 6.45) is 3.39. The standard InChI is InChI=1S/C21H27F2N3O2/c1-24(2)12-18-14-9-13(17-7-4-8-19(27)26(17)18)10-25(11-14)21(28)15-5-3-6-16(22)20(15)23/h3,5-6,13-14,17-18H,4,7-12H2,1-2H3/t13-,14+,17+,18+/m1/s1. The molecular weight excluding hydrogens is 364 g/mol. The van der Waals surface area contributed by atoms with Crippen LogP contribution in [0, 0.1) is 23.5 Å². The maximum Gasteiger partial charge on any atom is 0.256 e. The average molecular weight is 391 g/mol. The lowest BCUT2D eigenvalue weighted by Gasteiger charge is -2.57. The topological polar surface area (TPSA) is 43.9 Å². The molecule has 0 unspecified atom stereocenters. The SMILES string of the molecule is CN(C)C[C@H]1[C@H]2C[C@H](CN(C(=O)c3cccc(F)c3F)C2)[C@@H]2CCCC(=O)N21. The minimum Gasteiger partial charge on any atom is -0.338 e. The highest BCUT2D eigenvalue weighted by Crippen LogP contribution is 2.42. The molecule has 3 fully saturated rings. The molecule has 3 aliphatic heterocycles. The van der Waals surface area contributed by atoms with Crippen molar-refractivity contribution in [2.24, 2.45) is 11.8 Å². The molecule has 2 bridgehead atoms. The fourth-order valence-electron chi connectivity index (χ4n) is 5.39. The number of halogens is 2. The highest BCUT2D eigenvalue weighted by molar-refractivity contribution is 5.94. The van der Waals surface area contributed by atoms with Gasteiger partial charge in [0.05, 0.1) is 5.56 Å². The molecule has 0 spiro atoms. The number of benzene rings is 1. The number of amides is 2. The number of fused-ring (bicyclic) bond motifs is 4. The zero-order valence-corrected chi connectivity index (χ0v) is 16.4. The Kier molecular flexibility index (Phi) is 5.12. The molecule has 0 radical (unpaired) electrons. The Morgan fingerprint density at radius 2 is 1.96 bits per heavy atom. The summed E-state index contributed by atoms with van der Waals surface area (Å²) in [5.74, 6) is -1.97. The van der Waals surface area contributed by atoms with Crippen molar-refractivity contribution < 1.29 is 18.4 Å². The zero-order chi connectivity index (χ0) is 20.0. The first-order chi connectivity index (χ1) is 13.4. The summed E-state index contributed by atoms with van der Waals surface area (Å²) >= 11 is 0. The van der Waals surface area contributed by atoms with Crippen LogP contribution in [0.15, 0.2) is 18.2 Å². The molecule has 4 atom stereocenters. The molecule has 0 aliphatic carbocycles. The number of piperidine rings is 3. The summed E-state index contributed by atoms with van der Waals surface area (Å²) in [6, 6.07) is 3.92. The van der Waals surface area contributed by atoms with Crippen molar-refractivity contribution in [1.29, 1.82) is 0 Å². The highest BCUT2D eigenvalue weighted by atomic mass is 19.2. The van der Waals surface area contributed by atoms with Crippen molar-refractivity contribution >= 4 is 11.8 Å². The predicted octanol–water partition coefficient (Wildman–Crippen LogP) is 2.37. The number of hydrogen-bond donors (Lipinski definition) is 0. The maximum atomic E-state index is 14.2. The summed E-state index contributed by atoms with van der Waals surface area (Å²) < 4.78 is 27.8. The predicted molar refractivity (Wildman–Crippen MR) is 101 cm³/mol. The highest BCUT2D eigenvalue weighted by Gasteiger charge is 2.50. The molecule has 0 aromatic heterocycles. The van der Waals surface area contributed by atoms with E-state index in [9.17, 15) is 18.4 Å². The van der Waals surface area contributed by atoms with E-state index in [1.54, 1.807) is 4.90 Å². The van der Waals surface area contributed by atoms with Gasteiger partial charge >= 0.3 is 0 Å². The molecule has 152 valence electrons. The van der Waals surface area contributed by atoms with E-state index in [0.717, 1.165) is 31.9 Å². The molecule has 1 aromatic rings. The lowest BCUT2D eigenvalue weighted by Crippen LogP contribution is -2.67. The molecule has 2 amide bonds. The van der Waals surface area contributed by atoms with Crippen molar-refractivity contribution in [2.45, 2.75) is 37.8 Å². The Hall–Kier alpha value is -2.02. The van der Waals surface area contributed by atoms with E-state index >= 15 is 0 Å². The van der Waals surface area contributed by atoms with Gasteiger partial charge < -0.3 is 14.7 Å². The van der Waals surface area contributed by atoms with Gasteiger partial charge in [-0.3, -0.25) is 9.59 Å². The minimum absolute atomic E-state index is 0.0528. The van der Waals surface area contributed by atoms with Gasteiger partial charge in [0.1, 0.15) is 0 Å². The molecular formula is C21H27F2N3O2. The smallest absolute Gasteiger partial charge is 0.256 e. The number of likely N-dealkylation sites (tertiary alicyclic amines) is 1. The molecule has 3 aliphatic rings. The third-order valence-corrected chi connectivity index (χ3v) is 6.52. The average Bonchev–Trinajstić information content (AvgIpc) is 2.66. The Bertz CT molecular complexity index is 785. The summed E-state index contributed by atoms with van der Waals surface area (Å²) in [5.41, 5.74) is -0.208. The van der Waals surface area contributed by atoms with Gasteiger partial charge in [-0.15, -0.1) is 0 Å². The maximum absolute atomic E-state index is 14.2. The molecule has 28 heavy (non-hydrogen) atoms. The molecule has 4 rings (SSSR count). The van der Waals surface area contributed by atoms with Crippen LogP contribution >= 0.6 is 0 Å². The Labute approximate surface area is 164 Å². The van der Waals surface area contributed by atoms with Crippen LogP contribution in [-0.4, -0.2) is 72.3 Å². The quantitative estimate of drug-likeness (QED) is 0.795. The van der Waals surface area contributed by atoms with E-state index in [2.05, 4.69) is 9.80 Å². The number of hydrogen-bond acceptors (Lipinski definition) is 3. The summed E-state index contributed by atoms with van der Waals surface area (Å²) in [6.45, 7) is 1.71. The Balaban J connectivity index is 1.62. The first kappa shape index (κ1) is 19.3. The van der Waals surface area contributed by atoms with E-state index in [-0.39, 0.29) is 35.4 Å². The fourth-order valence-corrected chi connectivity index (χ4v) is 5.39. The van der Waals surface area contributed by atoms with Crippen molar-refractivity contribution in [3.8, 4) is 0 Å². The monoisotopic (exact) mass is 391 g/mol. The zero-order valence-electron chi connectivity index (χ0n) is 16.4. The third-order valence-electron chi connectivity index (χ3n) is 6.52. The second-order valence-electron chi connectivity index (χ2n) is 8.66. The van der Waals surface area contributed by atoms with Gasteiger partial charge in [0.15, 0.2) is 11.6 Å². The number of carbonyl (C=O) groups is 2. The first-order valence-electron chi connectivity index (χ1n) is 10.1. The second-order valence-corrected chi connectivity index (χ2v) is 8.66. The lowest BCUT2D eigenvalue weighted by molar-refractivity contribution is -0.152. The molecule has 7 heteroatoms. The molecule has 1 aromatic carbocycles. The van der Waals surface area contributed by atoms with Gasteiger partial charge in [0.25, 0.3) is 5.91 Å². The molecule has 0 saturated carbocycles. The fraction of sp³-hybridized carbons (Fsp3) is 0.619. The summed E-state index contributed by atoms with van der Waals surface area (Å²) in [7, 11) is 3.98. The summed E-state index contributed by atoms with van der Waals surface area (Å²) in [5, 5.41) is 0. The molecule has 3 heterocycles. The van der Waals surface area contributed by atoms with Gasteiger partial charge in [-0.25, -0.2) is 8.78 Å². The van der Waals surface area contributed by atoms with E-state index in [1.807, 2.05) is 14.1 Å². The van der Waals surface area contributed by atoms with E-state index < -0.39 is 17.5 Å². The van der Waals surface area contributed by atoms with Crippen molar-refractivity contribution in [1.82, 2.24) is 14.7 Å². The van der Waals surface area contributed by atoms with Crippen LogP contribution in [-0.2, 0) is 4.79 Å². The Morgan fingerprint density at radius 3 is 2.71 bits per heavy atom. The van der Waals surface area contributed by atoms with Crippen LogP contribution in [0.3, 0.4) is 0 Å². The van der Waals surface area contributed by atoms with Crippen molar-refractivity contribution in [2.75, 3.05) is 33.7 Å². The molecule has 0 N–H and O–H groups in total. The number of carbonyl (C=O) groups excluding carboxylic acids is 2. The number of likely N-dealkylation sites (N-methyl/N-ethyl adjacent to an activating group) is 1. The van der Waals surface area contributed by atoms with Crippen LogP contribution in [0.2, 0.25) is 0 Å². The van der Waals surface area contributed by atoms with Crippen LogP contribution < -0.4 is 0 Å². The van der Waals surface area contributed by atoms with Crippen LogP contribution in [0.25, 0.3) is 0 Å². The van der Waals surface area contributed by atoms with Gasteiger partial charge in [0.2, 0.25) is 5.91 Å². The molecule has 3 saturated heterocycles. The van der Waals surface area contributed by atoms with Crippen LogP contribution in [0.4, 0.5) is 8.78 Å². The largest absolute Gasteiger partial charge is 0.338 e. The first-order valence-corrected chi connectivity index (χ1v) is 10.1. The van der Waals surface area contributed by atoms with E-state index in [4.69, 9.17) is 0 Å². The van der Waals surface area contributed by atoms with E-state index in [1.165, 1.54) is 12.1 Å². The minimum atomic E-state index is -1.08. The Morgan fingerprint density at radius 1 is 1.21 bits per heavy atom. The summed E-state index contributed by atoms with van der Waals surface area (Å²) in [4.78, 5) is 31.5. The lowest BCUT2D eigenvalue weighted by atomic mass is 9.72. The number of nitrogens with zero attached hydrogens (tertiary/aromatic N) is 3. The van der Waals surface area contributed by atoms with Gasteiger partial charge in [-0.1, -0.05) is 6.07 Å². The van der Waals surface area contributed by atoms with Crippen LogP contribution in [0.5, 0.6) is 0 Å². The van der Waals surface area contributed by atoms with Crippen LogP contribution in [0.1, 0.15) is 36.0 Å². The number of rotatable bonds is 3. The van der Waals surface area contributed by atoms with Crippen molar-refractivity contribution in [3.05, 3.63) is 35.4 Å². The van der Waals surface area contributed by atoms with Gasteiger partial charge in [-0.2, -0.15) is 0 Å².